The first-order valence-electron chi connectivity index (χ1n) is 10.1. The van der Waals surface area contributed by atoms with Gasteiger partial charge in [-0.1, -0.05) is 26.0 Å². The van der Waals surface area contributed by atoms with E-state index in [9.17, 15) is 4.79 Å². The van der Waals surface area contributed by atoms with Gasteiger partial charge in [0, 0.05) is 42.5 Å². The number of nitrogens with one attached hydrogen (secondary N) is 1. The van der Waals surface area contributed by atoms with Gasteiger partial charge in [0.15, 0.2) is 5.78 Å². The molecule has 0 amide bonds. The van der Waals surface area contributed by atoms with E-state index in [4.69, 9.17) is 0 Å². The number of nitrogens with zero attached hydrogens (tertiary/aromatic N) is 1. The first kappa shape index (κ1) is 16.3. The normalized spacial score (nSPS) is 41.3. The van der Waals surface area contributed by atoms with Crippen LogP contribution in [-0.2, 0) is 4.79 Å². The molecule has 1 saturated carbocycles. The first-order chi connectivity index (χ1) is 12.5. The Morgan fingerprint density at radius 2 is 2.08 bits per heavy atom. The Hall–Kier alpha value is -1.90. The summed E-state index contributed by atoms with van der Waals surface area (Å²) < 4.78 is 0. The molecule has 2 heterocycles. The number of ketones is 1. The molecule has 3 heteroatoms. The average Bonchev–Trinajstić information content (AvgIpc) is 3.00. The molecule has 0 aromatic carbocycles. The van der Waals surface area contributed by atoms with Crippen molar-refractivity contribution in [3.05, 3.63) is 47.9 Å². The molecule has 2 fully saturated rings. The Bertz CT molecular complexity index is 811. The molecule has 136 valence electrons. The summed E-state index contributed by atoms with van der Waals surface area (Å²) in [6.45, 7) is 5.91. The van der Waals surface area contributed by atoms with E-state index in [0.717, 1.165) is 13.0 Å². The second-order valence-corrected chi connectivity index (χ2v) is 9.25. The molecule has 3 nitrogen and oxygen atoms in total. The van der Waals surface area contributed by atoms with Crippen LogP contribution in [-0.4, -0.2) is 17.3 Å². The van der Waals surface area contributed by atoms with E-state index < -0.39 is 0 Å². The SMILES string of the molecule is C[C@]12CCC(=O)C=C1NC[C@@H]1[C@@H]2CC[C@]2(C)C(c3cccnc3)=CC[C@@H]12. The average molecular weight is 348 g/mol. The summed E-state index contributed by atoms with van der Waals surface area (Å²) in [5, 5.41) is 3.68. The zero-order valence-electron chi connectivity index (χ0n) is 15.8. The van der Waals surface area contributed by atoms with Gasteiger partial charge >= 0.3 is 0 Å². The number of hydrogen-bond acceptors (Lipinski definition) is 3. The molecule has 0 spiro atoms. The van der Waals surface area contributed by atoms with Crippen LogP contribution in [0.2, 0.25) is 0 Å². The molecule has 0 radical (unpaired) electrons. The third kappa shape index (κ3) is 2.12. The van der Waals surface area contributed by atoms with Crippen LogP contribution < -0.4 is 5.32 Å². The number of carbonyl (C=O) groups is 1. The molecule has 3 aliphatic carbocycles. The molecule has 4 aliphatic rings. The van der Waals surface area contributed by atoms with Gasteiger partial charge < -0.3 is 5.32 Å². The van der Waals surface area contributed by atoms with Crippen molar-refractivity contribution in [2.75, 3.05) is 6.54 Å². The van der Waals surface area contributed by atoms with E-state index in [1.807, 2.05) is 18.5 Å². The Labute approximate surface area is 156 Å². The van der Waals surface area contributed by atoms with Crippen molar-refractivity contribution in [1.29, 1.82) is 0 Å². The zero-order chi connectivity index (χ0) is 17.9. The quantitative estimate of drug-likeness (QED) is 0.819. The van der Waals surface area contributed by atoms with Gasteiger partial charge in [0.25, 0.3) is 0 Å². The fourth-order valence-corrected chi connectivity index (χ4v) is 6.68. The standard InChI is InChI=1S/C23H28N2O/c1-22-10-8-20-17(14-25-21-12-16(26)7-9-23(20,21)2)19(22)6-5-18(22)15-4-3-11-24-13-15/h3-5,11-13,17,19-20,25H,6-10,14H2,1-2H3/t17-,19-,20-,22+,23+/m0/s1. The Kier molecular flexibility index (Phi) is 3.47. The fraction of sp³-hybridized carbons (Fsp3) is 0.565. The van der Waals surface area contributed by atoms with Crippen LogP contribution in [0.4, 0.5) is 0 Å². The van der Waals surface area contributed by atoms with Gasteiger partial charge in [-0.05, 0) is 66.1 Å². The summed E-state index contributed by atoms with van der Waals surface area (Å²) in [6, 6.07) is 4.27. The minimum atomic E-state index is 0.162. The molecule has 1 saturated heterocycles. The predicted molar refractivity (Wildman–Crippen MR) is 103 cm³/mol. The number of carbonyl (C=O) groups excluding carboxylic acids is 1. The van der Waals surface area contributed by atoms with E-state index in [1.54, 1.807) is 0 Å². The van der Waals surface area contributed by atoms with Crippen molar-refractivity contribution < 1.29 is 4.79 Å². The van der Waals surface area contributed by atoms with Gasteiger partial charge in [-0.15, -0.1) is 0 Å². The molecule has 0 unspecified atom stereocenters. The molecule has 1 aliphatic heterocycles. The Morgan fingerprint density at radius 1 is 1.19 bits per heavy atom. The lowest BCUT2D eigenvalue weighted by atomic mass is 9.50. The molecule has 1 N–H and O–H groups in total. The molecule has 0 bridgehead atoms. The molecular weight excluding hydrogens is 320 g/mol. The molecule has 5 atom stereocenters. The van der Waals surface area contributed by atoms with Crippen LogP contribution in [0, 0.1) is 28.6 Å². The second kappa shape index (κ2) is 5.55. The summed E-state index contributed by atoms with van der Waals surface area (Å²) >= 11 is 0. The highest BCUT2D eigenvalue weighted by Crippen LogP contribution is 2.64. The van der Waals surface area contributed by atoms with Crippen molar-refractivity contribution in [2.24, 2.45) is 28.6 Å². The second-order valence-electron chi connectivity index (χ2n) is 9.25. The number of allylic oxidation sites excluding steroid dienone is 4. The monoisotopic (exact) mass is 348 g/mol. The summed E-state index contributed by atoms with van der Waals surface area (Å²) in [4.78, 5) is 16.3. The summed E-state index contributed by atoms with van der Waals surface area (Å²) in [7, 11) is 0. The van der Waals surface area contributed by atoms with E-state index in [0.29, 0.717) is 30.0 Å². The lowest BCUT2D eigenvalue weighted by molar-refractivity contribution is -0.117. The molecule has 26 heavy (non-hydrogen) atoms. The van der Waals surface area contributed by atoms with Gasteiger partial charge in [-0.2, -0.15) is 0 Å². The lowest BCUT2D eigenvalue weighted by Crippen LogP contribution is -2.56. The Morgan fingerprint density at radius 3 is 2.88 bits per heavy atom. The maximum absolute atomic E-state index is 11.9. The van der Waals surface area contributed by atoms with Gasteiger partial charge in [0.05, 0.1) is 0 Å². The summed E-state index contributed by atoms with van der Waals surface area (Å²) in [5.41, 5.74) is 4.45. The van der Waals surface area contributed by atoms with E-state index in [2.05, 4.69) is 42.4 Å². The van der Waals surface area contributed by atoms with Crippen LogP contribution in [0.25, 0.3) is 5.57 Å². The number of aromatic nitrogens is 1. The molecular formula is C23H28N2O. The van der Waals surface area contributed by atoms with Gasteiger partial charge in [-0.3, -0.25) is 9.78 Å². The third-order valence-corrected chi connectivity index (χ3v) is 8.15. The lowest BCUT2D eigenvalue weighted by Gasteiger charge is -2.58. The molecule has 1 aromatic rings. The first-order valence-corrected chi connectivity index (χ1v) is 10.1. The zero-order valence-corrected chi connectivity index (χ0v) is 15.8. The maximum Gasteiger partial charge on any atom is 0.157 e. The highest BCUT2D eigenvalue weighted by atomic mass is 16.1. The number of piperidine rings is 1. The number of pyridine rings is 1. The van der Waals surface area contributed by atoms with Crippen LogP contribution in [0.15, 0.2) is 42.4 Å². The van der Waals surface area contributed by atoms with E-state index >= 15 is 0 Å². The van der Waals surface area contributed by atoms with E-state index in [1.165, 1.54) is 36.1 Å². The largest absolute Gasteiger partial charge is 0.387 e. The third-order valence-electron chi connectivity index (χ3n) is 8.15. The van der Waals surface area contributed by atoms with Crippen LogP contribution >= 0.6 is 0 Å². The number of hydrogen-bond donors (Lipinski definition) is 1. The topological polar surface area (TPSA) is 42.0 Å². The van der Waals surface area contributed by atoms with Crippen molar-refractivity contribution in [1.82, 2.24) is 10.3 Å². The fourth-order valence-electron chi connectivity index (χ4n) is 6.68. The minimum Gasteiger partial charge on any atom is -0.387 e. The van der Waals surface area contributed by atoms with Crippen molar-refractivity contribution in [2.45, 2.75) is 46.0 Å². The van der Waals surface area contributed by atoms with Crippen LogP contribution in [0.5, 0.6) is 0 Å². The molecule has 1 aromatic heterocycles. The molecule has 5 rings (SSSR count). The van der Waals surface area contributed by atoms with Crippen LogP contribution in [0.3, 0.4) is 0 Å². The summed E-state index contributed by atoms with van der Waals surface area (Å²) in [6.07, 6.45) is 13.7. The van der Waals surface area contributed by atoms with Crippen molar-refractivity contribution >= 4 is 11.4 Å². The number of fused-ring (bicyclic) bond motifs is 5. The van der Waals surface area contributed by atoms with Gasteiger partial charge in [0.1, 0.15) is 0 Å². The van der Waals surface area contributed by atoms with Gasteiger partial charge in [0.2, 0.25) is 0 Å². The Balaban J connectivity index is 1.48. The predicted octanol–water partition coefficient (Wildman–Crippen LogP) is 4.37. The smallest absolute Gasteiger partial charge is 0.157 e. The minimum absolute atomic E-state index is 0.162. The highest BCUT2D eigenvalue weighted by Gasteiger charge is 2.57. The van der Waals surface area contributed by atoms with Crippen LogP contribution in [0.1, 0.15) is 51.5 Å². The number of rotatable bonds is 1. The van der Waals surface area contributed by atoms with E-state index in [-0.39, 0.29) is 10.8 Å². The van der Waals surface area contributed by atoms with Gasteiger partial charge in [-0.25, -0.2) is 0 Å². The van der Waals surface area contributed by atoms with Crippen molar-refractivity contribution in [3.63, 3.8) is 0 Å². The summed E-state index contributed by atoms with van der Waals surface area (Å²) in [5.74, 6) is 2.38. The van der Waals surface area contributed by atoms with Crippen molar-refractivity contribution in [3.8, 4) is 0 Å². The highest BCUT2D eigenvalue weighted by molar-refractivity contribution is 5.91. The maximum atomic E-state index is 11.9.